The standard InChI is InChI=1S/C12H24N/c1-3-10-13-12(4-2)11-8-6-5-7-9-11/h10-13H,3-9H2,1-2H3. The predicted octanol–water partition coefficient (Wildman–Crippen LogP) is 3.51. The van der Waals surface area contributed by atoms with Crippen LogP contribution in [0.25, 0.3) is 0 Å². The lowest BCUT2D eigenvalue weighted by molar-refractivity contribution is 0.272. The second kappa shape index (κ2) is 6.42. The molecule has 77 valence electrons. The molecule has 1 radical (unpaired) electrons. The summed E-state index contributed by atoms with van der Waals surface area (Å²) >= 11 is 0. The largest absolute Gasteiger partial charge is 0.309 e. The first-order valence-electron chi connectivity index (χ1n) is 5.96. The normalized spacial score (nSPS) is 21.7. The molecule has 0 aromatic carbocycles. The van der Waals surface area contributed by atoms with Crippen LogP contribution in [0.5, 0.6) is 0 Å². The van der Waals surface area contributed by atoms with Gasteiger partial charge in [0.15, 0.2) is 0 Å². The van der Waals surface area contributed by atoms with Gasteiger partial charge in [-0.3, -0.25) is 0 Å². The van der Waals surface area contributed by atoms with Gasteiger partial charge in [0.25, 0.3) is 0 Å². The summed E-state index contributed by atoms with van der Waals surface area (Å²) in [5.41, 5.74) is 0. The van der Waals surface area contributed by atoms with Crippen molar-refractivity contribution in [2.75, 3.05) is 0 Å². The number of hydrogen-bond acceptors (Lipinski definition) is 1. The van der Waals surface area contributed by atoms with Crippen LogP contribution < -0.4 is 5.32 Å². The van der Waals surface area contributed by atoms with Gasteiger partial charge in [-0.05, 0) is 31.6 Å². The molecule has 0 aromatic heterocycles. The third kappa shape index (κ3) is 3.68. The van der Waals surface area contributed by atoms with Crippen molar-refractivity contribution in [2.24, 2.45) is 5.92 Å². The monoisotopic (exact) mass is 182 g/mol. The van der Waals surface area contributed by atoms with Gasteiger partial charge in [-0.1, -0.05) is 33.1 Å². The fourth-order valence-electron chi connectivity index (χ4n) is 2.39. The Morgan fingerprint density at radius 1 is 1.23 bits per heavy atom. The highest BCUT2D eigenvalue weighted by Gasteiger charge is 2.21. The molecule has 1 fully saturated rings. The van der Waals surface area contributed by atoms with Gasteiger partial charge in [-0.15, -0.1) is 0 Å². The van der Waals surface area contributed by atoms with E-state index in [-0.39, 0.29) is 0 Å². The SMILES string of the molecule is CC[CH]NC(CC)C1CCCCC1. The van der Waals surface area contributed by atoms with Crippen molar-refractivity contribution in [3.05, 3.63) is 6.54 Å². The van der Waals surface area contributed by atoms with Crippen LogP contribution in [-0.2, 0) is 0 Å². The molecule has 0 amide bonds. The van der Waals surface area contributed by atoms with Crippen molar-refractivity contribution < 1.29 is 0 Å². The Bertz CT molecular complexity index is 116. The fraction of sp³-hybridized carbons (Fsp3) is 0.917. The second-order valence-electron chi connectivity index (χ2n) is 4.19. The summed E-state index contributed by atoms with van der Waals surface area (Å²) in [5, 5.41) is 3.56. The van der Waals surface area contributed by atoms with Crippen molar-refractivity contribution in [3.8, 4) is 0 Å². The molecule has 0 saturated heterocycles. The van der Waals surface area contributed by atoms with E-state index in [1.165, 1.54) is 38.5 Å². The molecule has 1 heteroatoms. The van der Waals surface area contributed by atoms with E-state index in [2.05, 4.69) is 25.7 Å². The molecule has 1 rings (SSSR count). The van der Waals surface area contributed by atoms with Crippen LogP contribution in [0.3, 0.4) is 0 Å². The summed E-state index contributed by atoms with van der Waals surface area (Å²) in [6, 6.07) is 0.750. The third-order valence-corrected chi connectivity index (χ3v) is 3.19. The van der Waals surface area contributed by atoms with E-state index < -0.39 is 0 Å². The quantitative estimate of drug-likeness (QED) is 0.686. The van der Waals surface area contributed by atoms with Gasteiger partial charge in [0.2, 0.25) is 0 Å². The number of hydrogen-bond donors (Lipinski definition) is 1. The molecule has 1 unspecified atom stereocenters. The van der Waals surface area contributed by atoms with E-state index in [1.807, 2.05) is 0 Å². The van der Waals surface area contributed by atoms with Crippen molar-refractivity contribution in [1.82, 2.24) is 5.32 Å². The summed E-state index contributed by atoms with van der Waals surface area (Å²) in [7, 11) is 0. The summed E-state index contributed by atoms with van der Waals surface area (Å²) in [6.45, 7) is 6.72. The van der Waals surface area contributed by atoms with Gasteiger partial charge in [0.1, 0.15) is 0 Å². The van der Waals surface area contributed by atoms with Gasteiger partial charge in [-0.25, -0.2) is 0 Å². The second-order valence-corrected chi connectivity index (χ2v) is 4.19. The lowest BCUT2D eigenvalue weighted by atomic mass is 9.83. The first kappa shape index (κ1) is 11.0. The Kier molecular flexibility index (Phi) is 5.45. The van der Waals surface area contributed by atoms with Crippen LogP contribution >= 0.6 is 0 Å². The average Bonchev–Trinajstić information content (AvgIpc) is 2.21. The molecular weight excluding hydrogens is 158 g/mol. The molecule has 0 aromatic rings. The molecule has 1 atom stereocenters. The maximum Gasteiger partial charge on any atom is 0.0221 e. The van der Waals surface area contributed by atoms with Gasteiger partial charge in [-0.2, -0.15) is 0 Å². The Morgan fingerprint density at radius 2 is 1.92 bits per heavy atom. The van der Waals surface area contributed by atoms with E-state index in [1.54, 1.807) is 0 Å². The first-order valence-corrected chi connectivity index (χ1v) is 5.96. The molecule has 0 bridgehead atoms. The molecule has 1 N–H and O–H groups in total. The average molecular weight is 182 g/mol. The Morgan fingerprint density at radius 3 is 2.46 bits per heavy atom. The molecular formula is C12H24N. The lowest BCUT2D eigenvalue weighted by Crippen LogP contribution is -2.35. The van der Waals surface area contributed by atoms with Crippen molar-refractivity contribution in [3.63, 3.8) is 0 Å². The summed E-state index contributed by atoms with van der Waals surface area (Å²) in [5.74, 6) is 0.946. The van der Waals surface area contributed by atoms with Crippen LogP contribution in [0, 0.1) is 12.5 Å². The van der Waals surface area contributed by atoms with Crippen LogP contribution in [0.2, 0.25) is 0 Å². The molecule has 13 heavy (non-hydrogen) atoms. The molecule has 1 aliphatic carbocycles. The molecule has 1 saturated carbocycles. The summed E-state index contributed by atoms with van der Waals surface area (Å²) < 4.78 is 0. The van der Waals surface area contributed by atoms with E-state index in [4.69, 9.17) is 0 Å². The van der Waals surface area contributed by atoms with Gasteiger partial charge in [0.05, 0.1) is 0 Å². The summed E-state index contributed by atoms with van der Waals surface area (Å²) in [4.78, 5) is 0. The molecule has 1 aliphatic rings. The van der Waals surface area contributed by atoms with E-state index in [0.717, 1.165) is 18.4 Å². The zero-order chi connectivity index (χ0) is 9.52. The predicted molar refractivity (Wildman–Crippen MR) is 58.4 cm³/mol. The van der Waals surface area contributed by atoms with Gasteiger partial charge >= 0.3 is 0 Å². The maximum absolute atomic E-state index is 3.56. The Hall–Kier alpha value is -0.0400. The fourth-order valence-corrected chi connectivity index (χ4v) is 2.39. The van der Waals surface area contributed by atoms with Crippen molar-refractivity contribution in [1.29, 1.82) is 0 Å². The first-order chi connectivity index (χ1) is 6.38. The van der Waals surface area contributed by atoms with Crippen molar-refractivity contribution in [2.45, 2.75) is 64.8 Å². The Labute approximate surface area is 83.3 Å². The van der Waals surface area contributed by atoms with Crippen LogP contribution in [0.15, 0.2) is 0 Å². The van der Waals surface area contributed by atoms with Crippen LogP contribution in [-0.4, -0.2) is 6.04 Å². The molecule has 0 aliphatic heterocycles. The van der Waals surface area contributed by atoms with Crippen LogP contribution in [0.4, 0.5) is 0 Å². The summed E-state index contributed by atoms with van der Waals surface area (Å²) in [6.07, 6.45) is 9.69. The topological polar surface area (TPSA) is 12.0 Å². The minimum atomic E-state index is 0.750. The highest BCUT2D eigenvalue weighted by molar-refractivity contribution is 4.80. The van der Waals surface area contributed by atoms with Gasteiger partial charge < -0.3 is 5.32 Å². The van der Waals surface area contributed by atoms with E-state index in [9.17, 15) is 0 Å². The number of rotatable bonds is 5. The maximum atomic E-state index is 3.56. The minimum Gasteiger partial charge on any atom is -0.309 e. The zero-order valence-electron chi connectivity index (χ0n) is 9.18. The van der Waals surface area contributed by atoms with Gasteiger partial charge in [0, 0.05) is 12.6 Å². The zero-order valence-corrected chi connectivity index (χ0v) is 9.18. The lowest BCUT2D eigenvalue weighted by Gasteiger charge is -2.30. The van der Waals surface area contributed by atoms with Crippen molar-refractivity contribution >= 4 is 0 Å². The third-order valence-electron chi connectivity index (χ3n) is 3.19. The highest BCUT2D eigenvalue weighted by atomic mass is 14.9. The van der Waals surface area contributed by atoms with E-state index >= 15 is 0 Å². The molecule has 0 spiro atoms. The minimum absolute atomic E-state index is 0.750. The molecule has 1 nitrogen and oxygen atoms in total. The Balaban J connectivity index is 2.26. The van der Waals surface area contributed by atoms with Crippen LogP contribution in [0.1, 0.15) is 58.8 Å². The smallest absolute Gasteiger partial charge is 0.0221 e. The molecule has 0 heterocycles. The highest BCUT2D eigenvalue weighted by Crippen LogP contribution is 2.27. The number of nitrogens with one attached hydrogen (secondary N) is 1. The van der Waals surface area contributed by atoms with E-state index in [0.29, 0.717) is 0 Å².